The Kier molecular flexibility index (Phi) is 2.19. The Labute approximate surface area is 81.2 Å². The van der Waals surface area contributed by atoms with Crippen LogP contribution in [0.2, 0.25) is 6.04 Å². The minimum Gasteiger partial charge on any atom is -0.457 e. The van der Waals surface area contributed by atoms with Gasteiger partial charge >= 0.3 is 5.97 Å². The Morgan fingerprint density at radius 2 is 2.46 bits per heavy atom. The van der Waals surface area contributed by atoms with Crippen LogP contribution < -0.4 is 0 Å². The molecule has 2 aliphatic rings. The molecule has 3 atom stereocenters. The van der Waals surface area contributed by atoms with Gasteiger partial charge in [0.25, 0.3) is 0 Å². The molecule has 0 N–H and O–H groups in total. The first kappa shape index (κ1) is 9.21. The standard InChI is InChI=1S/C9H16O3Si/c1-9(12-8(10)5-13)4-6-2-3-7(9)11-6/h6-7H,2-5H2,1,13H3. The Morgan fingerprint density at radius 1 is 1.69 bits per heavy atom. The van der Waals surface area contributed by atoms with Crippen molar-refractivity contribution < 1.29 is 14.3 Å². The van der Waals surface area contributed by atoms with Gasteiger partial charge in [0.15, 0.2) is 0 Å². The van der Waals surface area contributed by atoms with Crippen molar-refractivity contribution in [3.8, 4) is 0 Å². The first-order chi connectivity index (χ1) is 6.14. The molecule has 2 rings (SSSR count). The molecular formula is C9H16O3Si. The summed E-state index contributed by atoms with van der Waals surface area (Å²) in [5.74, 6) is -0.0506. The van der Waals surface area contributed by atoms with Crippen LogP contribution in [0.5, 0.6) is 0 Å². The summed E-state index contributed by atoms with van der Waals surface area (Å²) in [6.07, 6.45) is 3.59. The molecule has 0 aliphatic carbocycles. The molecule has 0 aromatic rings. The lowest BCUT2D eigenvalue weighted by molar-refractivity contribution is -0.160. The lowest BCUT2D eigenvalue weighted by atomic mass is 9.86. The Bertz CT molecular complexity index is 231. The molecule has 2 fully saturated rings. The molecule has 3 nitrogen and oxygen atoms in total. The average molecular weight is 200 g/mol. The molecule has 13 heavy (non-hydrogen) atoms. The lowest BCUT2D eigenvalue weighted by Crippen LogP contribution is -2.41. The fourth-order valence-electron chi connectivity index (χ4n) is 2.33. The Balaban J connectivity index is 2.01. The zero-order valence-corrected chi connectivity index (χ0v) is 10.2. The molecular weight excluding hydrogens is 184 g/mol. The van der Waals surface area contributed by atoms with E-state index in [2.05, 4.69) is 0 Å². The second kappa shape index (κ2) is 3.10. The number of rotatable bonds is 2. The van der Waals surface area contributed by atoms with Crippen molar-refractivity contribution in [2.24, 2.45) is 0 Å². The fraction of sp³-hybridized carbons (Fsp3) is 0.889. The molecule has 0 aromatic heterocycles. The van der Waals surface area contributed by atoms with E-state index in [4.69, 9.17) is 9.47 Å². The third-order valence-electron chi connectivity index (χ3n) is 3.06. The molecule has 0 saturated carbocycles. The Hall–Kier alpha value is -0.353. The van der Waals surface area contributed by atoms with Crippen LogP contribution in [0.25, 0.3) is 0 Å². The van der Waals surface area contributed by atoms with Crippen LogP contribution in [0, 0.1) is 0 Å². The highest BCUT2D eigenvalue weighted by atomic mass is 28.1. The zero-order chi connectivity index (χ0) is 9.47. The summed E-state index contributed by atoms with van der Waals surface area (Å²) in [5, 5.41) is 0. The van der Waals surface area contributed by atoms with Crippen LogP contribution >= 0.6 is 0 Å². The number of fused-ring (bicyclic) bond motifs is 2. The molecule has 4 heteroatoms. The zero-order valence-electron chi connectivity index (χ0n) is 8.21. The van der Waals surface area contributed by atoms with E-state index >= 15 is 0 Å². The van der Waals surface area contributed by atoms with Crippen LogP contribution in [0.15, 0.2) is 0 Å². The molecule has 0 spiro atoms. The summed E-state index contributed by atoms with van der Waals surface area (Å²) < 4.78 is 11.1. The van der Waals surface area contributed by atoms with Crippen molar-refractivity contribution in [3.63, 3.8) is 0 Å². The van der Waals surface area contributed by atoms with Gasteiger partial charge in [-0.3, -0.25) is 4.79 Å². The topological polar surface area (TPSA) is 35.5 Å². The van der Waals surface area contributed by atoms with Crippen LogP contribution in [-0.2, 0) is 14.3 Å². The molecule has 3 unspecified atom stereocenters. The highest BCUT2D eigenvalue weighted by Gasteiger charge is 2.51. The number of esters is 1. The lowest BCUT2D eigenvalue weighted by Gasteiger charge is -2.30. The van der Waals surface area contributed by atoms with Gasteiger partial charge in [0, 0.05) is 22.7 Å². The maximum absolute atomic E-state index is 11.2. The second-order valence-electron chi connectivity index (χ2n) is 4.17. The number of carbonyl (C=O) groups excluding carboxylic acids is 1. The van der Waals surface area contributed by atoms with E-state index in [1.165, 1.54) is 0 Å². The van der Waals surface area contributed by atoms with Gasteiger partial charge in [-0.15, -0.1) is 0 Å². The van der Waals surface area contributed by atoms with Gasteiger partial charge in [0.05, 0.1) is 12.2 Å². The summed E-state index contributed by atoms with van der Waals surface area (Å²) in [5.41, 5.74) is -0.315. The molecule has 0 aromatic carbocycles. The van der Waals surface area contributed by atoms with E-state index in [0.29, 0.717) is 12.1 Å². The predicted molar refractivity (Wildman–Crippen MR) is 51.8 cm³/mol. The third-order valence-corrected chi connectivity index (χ3v) is 3.63. The summed E-state index contributed by atoms with van der Waals surface area (Å²) in [6, 6.07) is 0.590. The molecule has 2 aliphatic heterocycles. The van der Waals surface area contributed by atoms with E-state index in [0.717, 1.165) is 29.5 Å². The molecule has 2 saturated heterocycles. The molecule has 0 radical (unpaired) electrons. The third kappa shape index (κ3) is 1.53. The minimum atomic E-state index is -0.315. The number of carbonyl (C=O) groups is 1. The highest BCUT2D eigenvalue weighted by molar-refractivity contribution is 6.18. The van der Waals surface area contributed by atoms with E-state index in [9.17, 15) is 4.79 Å². The van der Waals surface area contributed by atoms with Gasteiger partial charge in [-0.05, 0) is 19.8 Å². The van der Waals surface area contributed by atoms with Gasteiger partial charge in [-0.2, -0.15) is 0 Å². The average Bonchev–Trinajstić information content (AvgIpc) is 2.62. The normalized spacial score (nSPS) is 42.5. The molecule has 2 bridgehead atoms. The number of hydrogen-bond donors (Lipinski definition) is 0. The van der Waals surface area contributed by atoms with Gasteiger partial charge in [-0.1, -0.05) is 0 Å². The van der Waals surface area contributed by atoms with Gasteiger partial charge in [0.1, 0.15) is 5.60 Å². The number of ether oxygens (including phenoxy) is 2. The molecule has 2 heterocycles. The van der Waals surface area contributed by atoms with Gasteiger partial charge < -0.3 is 9.47 Å². The molecule has 0 amide bonds. The maximum atomic E-state index is 11.2. The van der Waals surface area contributed by atoms with Crippen molar-refractivity contribution in [1.82, 2.24) is 0 Å². The van der Waals surface area contributed by atoms with Crippen molar-refractivity contribution >= 4 is 16.2 Å². The monoisotopic (exact) mass is 200 g/mol. The van der Waals surface area contributed by atoms with Crippen molar-refractivity contribution in [1.29, 1.82) is 0 Å². The smallest absolute Gasteiger partial charge is 0.302 e. The van der Waals surface area contributed by atoms with Gasteiger partial charge in [0.2, 0.25) is 0 Å². The quantitative estimate of drug-likeness (QED) is 0.466. The summed E-state index contributed by atoms with van der Waals surface area (Å²) >= 11 is 0. The summed E-state index contributed by atoms with van der Waals surface area (Å²) in [4.78, 5) is 11.2. The van der Waals surface area contributed by atoms with E-state index in [1.807, 2.05) is 6.92 Å². The summed E-state index contributed by atoms with van der Waals surface area (Å²) in [6.45, 7) is 2.01. The molecule has 74 valence electrons. The van der Waals surface area contributed by atoms with E-state index in [-0.39, 0.29) is 17.7 Å². The SMILES string of the molecule is CC1(OC(=O)C[SiH3])CC2CCC1O2. The first-order valence-electron chi connectivity index (χ1n) is 5.01. The minimum absolute atomic E-state index is 0.0506. The largest absolute Gasteiger partial charge is 0.457 e. The van der Waals surface area contributed by atoms with Crippen LogP contribution in [0.1, 0.15) is 26.2 Å². The van der Waals surface area contributed by atoms with Crippen molar-refractivity contribution in [2.45, 2.75) is 50.0 Å². The van der Waals surface area contributed by atoms with Gasteiger partial charge in [-0.25, -0.2) is 0 Å². The van der Waals surface area contributed by atoms with Crippen LogP contribution in [0.3, 0.4) is 0 Å². The fourth-order valence-corrected chi connectivity index (χ4v) is 2.47. The van der Waals surface area contributed by atoms with E-state index < -0.39 is 0 Å². The summed E-state index contributed by atoms with van der Waals surface area (Å²) in [7, 11) is 0.882. The van der Waals surface area contributed by atoms with Crippen molar-refractivity contribution in [2.75, 3.05) is 0 Å². The maximum Gasteiger partial charge on any atom is 0.302 e. The van der Waals surface area contributed by atoms with Crippen LogP contribution in [0.4, 0.5) is 0 Å². The van der Waals surface area contributed by atoms with E-state index in [1.54, 1.807) is 0 Å². The second-order valence-corrected chi connectivity index (χ2v) is 4.88. The first-order valence-corrected chi connectivity index (χ1v) is 6.43. The number of hydrogen-bond acceptors (Lipinski definition) is 3. The highest BCUT2D eigenvalue weighted by Crippen LogP contribution is 2.43. The van der Waals surface area contributed by atoms with Crippen LogP contribution in [-0.4, -0.2) is 34.0 Å². The predicted octanol–water partition coefficient (Wildman–Crippen LogP) is 0.0233. The Morgan fingerprint density at radius 3 is 2.92 bits per heavy atom. The van der Waals surface area contributed by atoms with Crippen molar-refractivity contribution in [3.05, 3.63) is 0 Å².